The Bertz CT molecular complexity index is 409. The molecule has 1 aromatic carbocycles. The molecule has 0 aliphatic carbocycles. The zero-order valence-electron chi connectivity index (χ0n) is 9.75. The van der Waals surface area contributed by atoms with Crippen molar-refractivity contribution in [3.8, 4) is 0 Å². The van der Waals surface area contributed by atoms with Gasteiger partial charge in [0.25, 0.3) is 0 Å². The molecule has 0 unspecified atom stereocenters. The van der Waals surface area contributed by atoms with E-state index < -0.39 is 11.7 Å². The van der Waals surface area contributed by atoms with E-state index in [-0.39, 0.29) is 0 Å². The number of anilines is 1. The van der Waals surface area contributed by atoms with Crippen LogP contribution < -0.4 is 10.6 Å². The highest BCUT2D eigenvalue weighted by Gasteiger charge is 2.30. The quantitative estimate of drug-likeness (QED) is 0.885. The van der Waals surface area contributed by atoms with Crippen LogP contribution in [-0.2, 0) is 6.18 Å². The largest absolute Gasteiger partial charge is 0.416 e. The first-order chi connectivity index (χ1) is 7.86. The minimum atomic E-state index is -4.32. The van der Waals surface area contributed by atoms with Crippen LogP contribution in [0, 0.1) is 0 Å². The molecule has 0 aromatic heterocycles. The van der Waals surface area contributed by atoms with Crippen LogP contribution in [-0.4, -0.2) is 20.6 Å². The molecular formula is C12H15F3N2. The summed E-state index contributed by atoms with van der Waals surface area (Å²) in [6.45, 7) is 0.295. The lowest BCUT2D eigenvalue weighted by Gasteiger charge is -2.17. The number of rotatable bonds is 3. The molecule has 17 heavy (non-hydrogen) atoms. The topological polar surface area (TPSA) is 29.3 Å². The number of hydrogen-bond acceptors (Lipinski definition) is 2. The predicted molar refractivity (Wildman–Crippen MR) is 63.9 cm³/mol. The van der Waals surface area contributed by atoms with E-state index in [9.17, 15) is 13.2 Å². The molecule has 0 bridgehead atoms. The molecule has 0 saturated heterocycles. The lowest BCUT2D eigenvalue weighted by molar-refractivity contribution is -0.137. The van der Waals surface area contributed by atoms with E-state index in [4.69, 9.17) is 5.73 Å². The van der Waals surface area contributed by atoms with Gasteiger partial charge < -0.3 is 10.6 Å². The van der Waals surface area contributed by atoms with Crippen LogP contribution in [0.2, 0.25) is 0 Å². The highest BCUT2D eigenvalue weighted by Crippen LogP contribution is 2.32. The highest BCUT2D eigenvalue weighted by atomic mass is 19.4. The van der Waals surface area contributed by atoms with Crippen LogP contribution in [0.1, 0.15) is 11.1 Å². The first-order valence-corrected chi connectivity index (χ1v) is 5.11. The molecule has 1 rings (SSSR count). The Morgan fingerprint density at radius 3 is 2.41 bits per heavy atom. The maximum atomic E-state index is 12.6. The molecule has 0 heterocycles. The Labute approximate surface area is 98.5 Å². The van der Waals surface area contributed by atoms with E-state index in [1.807, 2.05) is 0 Å². The third-order valence-electron chi connectivity index (χ3n) is 2.27. The van der Waals surface area contributed by atoms with Gasteiger partial charge >= 0.3 is 6.18 Å². The summed E-state index contributed by atoms with van der Waals surface area (Å²) in [7, 11) is 3.56. The lowest BCUT2D eigenvalue weighted by Crippen LogP contribution is -2.12. The van der Waals surface area contributed by atoms with Crippen molar-refractivity contribution in [3.05, 3.63) is 35.4 Å². The Kier molecular flexibility index (Phi) is 4.17. The predicted octanol–water partition coefficient (Wildman–Crippen LogP) is 2.74. The van der Waals surface area contributed by atoms with Crippen LogP contribution in [0.4, 0.5) is 18.9 Å². The molecule has 94 valence electrons. The fraction of sp³-hybridized carbons (Fsp3) is 0.333. The Hall–Kier alpha value is -1.49. The van der Waals surface area contributed by atoms with Gasteiger partial charge in [0, 0.05) is 26.3 Å². The molecule has 0 spiro atoms. The van der Waals surface area contributed by atoms with Gasteiger partial charge in [0.15, 0.2) is 0 Å². The van der Waals surface area contributed by atoms with Crippen LogP contribution >= 0.6 is 0 Å². The number of alkyl halides is 3. The van der Waals surface area contributed by atoms with Gasteiger partial charge in [0.2, 0.25) is 0 Å². The third-order valence-corrected chi connectivity index (χ3v) is 2.27. The molecule has 0 fully saturated rings. The second-order valence-corrected chi connectivity index (χ2v) is 3.80. The number of nitrogens with zero attached hydrogens (tertiary/aromatic N) is 1. The maximum Gasteiger partial charge on any atom is 0.416 e. The standard InChI is InChI=1S/C12H15F3N2/c1-17(2)11-6-5-10(12(13,14)15)8-9(11)4-3-7-16/h3-6,8H,7,16H2,1-2H3/b4-3+. The Morgan fingerprint density at radius 2 is 1.94 bits per heavy atom. The van der Waals surface area contributed by atoms with Crippen molar-refractivity contribution in [2.75, 3.05) is 25.5 Å². The summed E-state index contributed by atoms with van der Waals surface area (Å²) in [4.78, 5) is 1.76. The first-order valence-electron chi connectivity index (χ1n) is 5.11. The van der Waals surface area contributed by atoms with Gasteiger partial charge in [0.1, 0.15) is 0 Å². The van der Waals surface area contributed by atoms with E-state index in [1.165, 1.54) is 6.07 Å². The van der Waals surface area contributed by atoms with Crippen molar-refractivity contribution in [1.29, 1.82) is 0 Å². The first kappa shape index (κ1) is 13.6. The average molecular weight is 244 g/mol. The van der Waals surface area contributed by atoms with Crippen LogP contribution in [0.3, 0.4) is 0 Å². The van der Waals surface area contributed by atoms with Crippen molar-refractivity contribution in [3.63, 3.8) is 0 Å². The van der Waals surface area contributed by atoms with Gasteiger partial charge in [-0.2, -0.15) is 13.2 Å². The van der Waals surface area contributed by atoms with E-state index in [0.717, 1.165) is 17.8 Å². The minimum absolute atomic E-state index is 0.295. The summed E-state index contributed by atoms with van der Waals surface area (Å²) in [6, 6.07) is 3.66. The maximum absolute atomic E-state index is 12.6. The summed E-state index contributed by atoms with van der Waals surface area (Å²) < 4.78 is 37.7. The van der Waals surface area contributed by atoms with E-state index in [2.05, 4.69) is 0 Å². The van der Waals surface area contributed by atoms with Crippen molar-refractivity contribution >= 4 is 11.8 Å². The van der Waals surface area contributed by atoms with Crippen LogP contribution in [0.25, 0.3) is 6.08 Å². The molecule has 0 aliphatic rings. The van der Waals surface area contributed by atoms with Gasteiger partial charge in [0.05, 0.1) is 5.56 Å². The third kappa shape index (κ3) is 3.49. The SMILES string of the molecule is CN(C)c1ccc(C(F)(F)F)cc1/C=C/CN. The molecule has 0 radical (unpaired) electrons. The van der Waals surface area contributed by atoms with Gasteiger partial charge in [-0.1, -0.05) is 12.2 Å². The summed E-state index contributed by atoms with van der Waals surface area (Å²) in [6.07, 6.45) is -1.09. The second kappa shape index (κ2) is 5.23. The zero-order valence-corrected chi connectivity index (χ0v) is 9.75. The Morgan fingerprint density at radius 1 is 1.29 bits per heavy atom. The molecule has 0 saturated carbocycles. The van der Waals surface area contributed by atoms with Gasteiger partial charge in [-0.05, 0) is 23.8 Å². The van der Waals surface area contributed by atoms with Crippen LogP contribution in [0.5, 0.6) is 0 Å². The molecule has 0 aliphatic heterocycles. The van der Waals surface area contributed by atoms with E-state index >= 15 is 0 Å². The molecule has 1 aromatic rings. The van der Waals surface area contributed by atoms with E-state index in [1.54, 1.807) is 31.1 Å². The number of nitrogens with two attached hydrogens (primary N) is 1. The van der Waals surface area contributed by atoms with E-state index in [0.29, 0.717) is 12.1 Å². The fourth-order valence-corrected chi connectivity index (χ4v) is 1.47. The Balaban J connectivity index is 3.24. The van der Waals surface area contributed by atoms with Crippen molar-refractivity contribution in [1.82, 2.24) is 0 Å². The van der Waals surface area contributed by atoms with Crippen molar-refractivity contribution in [2.45, 2.75) is 6.18 Å². The van der Waals surface area contributed by atoms with Crippen molar-refractivity contribution < 1.29 is 13.2 Å². The molecule has 2 N–H and O–H groups in total. The summed E-state index contributed by atoms with van der Waals surface area (Å²) >= 11 is 0. The van der Waals surface area contributed by atoms with Crippen molar-refractivity contribution in [2.24, 2.45) is 5.73 Å². The fourth-order valence-electron chi connectivity index (χ4n) is 1.47. The summed E-state index contributed by atoms with van der Waals surface area (Å²) in [5.74, 6) is 0. The summed E-state index contributed by atoms with van der Waals surface area (Å²) in [5, 5.41) is 0. The number of hydrogen-bond donors (Lipinski definition) is 1. The second-order valence-electron chi connectivity index (χ2n) is 3.80. The summed E-state index contributed by atoms with van der Waals surface area (Å²) in [5.41, 5.74) is 5.88. The van der Waals surface area contributed by atoms with Crippen LogP contribution in [0.15, 0.2) is 24.3 Å². The molecule has 0 amide bonds. The number of halogens is 3. The molecule has 2 nitrogen and oxygen atoms in total. The zero-order chi connectivity index (χ0) is 13.1. The van der Waals surface area contributed by atoms with Gasteiger partial charge in [-0.25, -0.2) is 0 Å². The molecule has 5 heteroatoms. The molecular weight excluding hydrogens is 229 g/mol. The smallest absolute Gasteiger partial charge is 0.377 e. The highest BCUT2D eigenvalue weighted by molar-refractivity contribution is 5.68. The average Bonchev–Trinajstić information content (AvgIpc) is 2.24. The normalized spacial score (nSPS) is 12.1. The number of benzene rings is 1. The van der Waals surface area contributed by atoms with Gasteiger partial charge in [-0.3, -0.25) is 0 Å². The minimum Gasteiger partial charge on any atom is -0.377 e. The van der Waals surface area contributed by atoms with Gasteiger partial charge in [-0.15, -0.1) is 0 Å². The monoisotopic (exact) mass is 244 g/mol. The lowest BCUT2D eigenvalue weighted by atomic mass is 10.1. The molecule has 0 atom stereocenters.